The number of carbonyl (C=O) groups is 1. The van der Waals surface area contributed by atoms with Crippen LogP contribution in [0.15, 0.2) is 30.3 Å². The summed E-state index contributed by atoms with van der Waals surface area (Å²) in [5.74, 6) is 0.752. The third-order valence-electron chi connectivity index (χ3n) is 6.06. The Morgan fingerprint density at radius 1 is 1.22 bits per heavy atom. The SMILES string of the molecule is NC1(C(=O)NC(COCCC2CCNCC2)Cc2ccccc2)CCCC1. The molecule has 3 rings (SSSR count). The van der Waals surface area contributed by atoms with Crippen LogP contribution in [-0.4, -0.2) is 43.8 Å². The average molecular weight is 374 g/mol. The fraction of sp³-hybridized carbons (Fsp3) is 0.682. The Morgan fingerprint density at radius 3 is 2.63 bits per heavy atom. The van der Waals surface area contributed by atoms with Gasteiger partial charge in [0.15, 0.2) is 0 Å². The molecule has 0 radical (unpaired) electrons. The minimum atomic E-state index is -0.690. The van der Waals surface area contributed by atoms with Crippen molar-refractivity contribution in [3.8, 4) is 0 Å². The van der Waals surface area contributed by atoms with Crippen LogP contribution in [0.1, 0.15) is 50.5 Å². The van der Waals surface area contributed by atoms with Crippen molar-refractivity contribution in [2.24, 2.45) is 11.7 Å². The summed E-state index contributed by atoms with van der Waals surface area (Å²) in [6.07, 6.45) is 8.01. The Balaban J connectivity index is 1.50. The highest BCUT2D eigenvalue weighted by molar-refractivity contribution is 5.86. The standard InChI is InChI=1S/C22H35N3O2/c23-22(11-4-5-12-22)21(26)25-20(16-19-6-2-1-3-7-19)17-27-15-10-18-8-13-24-14-9-18/h1-3,6-7,18,20,24H,4-5,8-17,23H2,(H,25,26). The normalized spacial score (nSPS) is 21.1. The summed E-state index contributed by atoms with van der Waals surface area (Å²) in [7, 11) is 0. The van der Waals surface area contributed by atoms with Crippen LogP contribution in [0.25, 0.3) is 0 Å². The lowest BCUT2D eigenvalue weighted by Crippen LogP contribution is -2.55. The molecule has 0 bridgehead atoms. The molecule has 2 fully saturated rings. The summed E-state index contributed by atoms with van der Waals surface area (Å²) in [4.78, 5) is 12.7. The Bertz CT molecular complexity index is 566. The Morgan fingerprint density at radius 2 is 1.93 bits per heavy atom. The molecule has 1 unspecified atom stereocenters. The van der Waals surface area contributed by atoms with E-state index in [0.717, 1.165) is 64.1 Å². The maximum Gasteiger partial charge on any atom is 0.240 e. The molecular weight excluding hydrogens is 338 g/mol. The molecule has 1 saturated carbocycles. The molecule has 1 amide bonds. The van der Waals surface area contributed by atoms with Crippen molar-refractivity contribution in [3.05, 3.63) is 35.9 Å². The summed E-state index contributed by atoms with van der Waals surface area (Å²) >= 11 is 0. The highest BCUT2D eigenvalue weighted by Gasteiger charge is 2.37. The molecule has 1 aromatic rings. The molecule has 0 spiro atoms. The van der Waals surface area contributed by atoms with Crippen LogP contribution >= 0.6 is 0 Å². The minimum Gasteiger partial charge on any atom is -0.379 e. The van der Waals surface area contributed by atoms with Crippen LogP contribution in [0.4, 0.5) is 0 Å². The monoisotopic (exact) mass is 373 g/mol. The second-order valence-electron chi connectivity index (χ2n) is 8.28. The van der Waals surface area contributed by atoms with Crippen LogP contribution < -0.4 is 16.4 Å². The average Bonchev–Trinajstić information content (AvgIpc) is 3.15. The molecule has 1 saturated heterocycles. The van der Waals surface area contributed by atoms with E-state index in [1.807, 2.05) is 18.2 Å². The minimum absolute atomic E-state index is 0.0112. The second kappa shape index (κ2) is 10.2. The first-order valence-electron chi connectivity index (χ1n) is 10.6. The molecule has 5 heteroatoms. The van der Waals surface area contributed by atoms with Gasteiger partial charge in [-0.3, -0.25) is 4.79 Å². The summed E-state index contributed by atoms with van der Waals surface area (Å²) in [6.45, 7) is 3.55. The number of hydrogen-bond acceptors (Lipinski definition) is 4. The largest absolute Gasteiger partial charge is 0.379 e. The van der Waals surface area contributed by atoms with E-state index in [0.29, 0.717) is 6.61 Å². The molecule has 2 aliphatic rings. The molecule has 1 aromatic carbocycles. The molecule has 1 atom stereocenters. The fourth-order valence-electron chi connectivity index (χ4n) is 4.26. The number of carbonyl (C=O) groups excluding carboxylic acids is 1. The highest BCUT2D eigenvalue weighted by Crippen LogP contribution is 2.27. The number of hydrogen-bond donors (Lipinski definition) is 3. The van der Waals surface area contributed by atoms with Crippen LogP contribution in [0, 0.1) is 5.92 Å². The first kappa shape index (κ1) is 20.3. The molecule has 1 aliphatic heterocycles. The molecule has 150 valence electrons. The zero-order valence-electron chi connectivity index (χ0n) is 16.4. The van der Waals surface area contributed by atoms with Gasteiger partial charge in [-0.2, -0.15) is 0 Å². The number of benzene rings is 1. The smallest absolute Gasteiger partial charge is 0.240 e. The van der Waals surface area contributed by atoms with Gasteiger partial charge in [-0.25, -0.2) is 0 Å². The van der Waals surface area contributed by atoms with Gasteiger partial charge in [-0.05, 0) is 63.1 Å². The number of rotatable bonds is 9. The summed E-state index contributed by atoms with van der Waals surface area (Å²) < 4.78 is 5.99. The Kier molecular flexibility index (Phi) is 7.68. The van der Waals surface area contributed by atoms with E-state index in [1.54, 1.807) is 0 Å². The van der Waals surface area contributed by atoms with E-state index in [1.165, 1.54) is 18.4 Å². The maximum absolute atomic E-state index is 12.7. The molecule has 5 nitrogen and oxygen atoms in total. The van der Waals surface area contributed by atoms with E-state index in [-0.39, 0.29) is 11.9 Å². The van der Waals surface area contributed by atoms with E-state index >= 15 is 0 Å². The van der Waals surface area contributed by atoms with Crippen molar-refractivity contribution in [1.29, 1.82) is 0 Å². The molecule has 0 aromatic heterocycles. The van der Waals surface area contributed by atoms with Crippen molar-refractivity contribution in [2.45, 2.75) is 62.9 Å². The first-order valence-corrected chi connectivity index (χ1v) is 10.6. The summed E-state index contributed by atoms with van der Waals surface area (Å²) in [6, 6.07) is 10.2. The number of nitrogens with two attached hydrogens (primary N) is 1. The molecule has 4 N–H and O–H groups in total. The van der Waals surface area contributed by atoms with Gasteiger partial charge in [0, 0.05) is 6.61 Å². The van der Waals surface area contributed by atoms with Crippen molar-refractivity contribution in [3.63, 3.8) is 0 Å². The van der Waals surface area contributed by atoms with Gasteiger partial charge in [-0.1, -0.05) is 43.2 Å². The predicted molar refractivity (Wildman–Crippen MR) is 108 cm³/mol. The van der Waals surface area contributed by atoms with Crippen molar-refractivity contribution < 1.29 is 9.53 Å². The third kappa shape index (κ3) is 6.30. The molecule has 1 heterocycles. The van der Waals surface area contributed by atoms with Crippen molar-refractivity contribution in [2.75, 3.05) is 26.3 Å². The van der Waals surface area contributed by atoms with Gasteiger partial charge in [0.05, 0.1) is 18.2 Å². The number of amides is 1. The van der Waals surface area contributed by atoms with Gasteiger partial charge in [0.1, 0.15) is 0 Å². The lowest BCUT2D eigenvalue weighted by molar-refractivity contribution is -0.127. The van der Waals surface area contributed by atoms with Gasteiger partial charge < -0.3 is 21.1 Å². The van der Waals surface area contributed by atoms with Gasteiger partial charge in [-0.15, -0.1) is 0 Å². The van der Waals surface area contributed by atoms with Crippen LogP contribution in [0.2, 0.25) is 0 Å². The molecule has 1 aliphatic carbocycles. The van der Waals surface area contributed by atoms with Crippen LogP contribution in [0.5, 0.6) is 0 Å². The van der Waals surface area contributed by atoms with Gasteiger partial charge in [0.2, 0.25) is 5.91 Å². The molecular formula is C22H35N3O2. The lowest BCUT2D eigenvalue weighted by Gasteiger charge is -2.27. The first-order chi connectivity index (χ1) is 13.2. The number of piperidine rings is 1. The predicted octanol–water partition coefficient (Wildman–Crippen LogP) is 2.39. The zero-order valence-corrected chi connectivity index (χ0v) is 16.4. The fourth-order valence-corrected chi connectivity index (χ4v) is 4.26. The van der Waals surface area contributed by atoms with Crippen LogP contribution in [0.3, 0.4) is 0 Å². The summed E-state index contributed by atoms with van der Waals surface area (Å²) in [5.41, 5.74) is 6.86. The number of nitrogens with one attached hydrogen (secondary N) is 2. The quantitative estimate of drug-likeness (QED) is 0.581. The Hall–Kier alpha value is -1.43. The van der Waals surface area contributed by atoms with Gasteiger partial charge in [0.25, 0.3) is 0 Å². The topological polar surface area (TPSA) is 76.4 Å². The highest BCUT2D eigenvalue weighted by atomic mass is 16.5. The van der Waals surface area contributed by atoms with Crippen molar-refractivity contribution >= 4 is 5.91 Å². The maximum atomic E-state index is 12.7. The Labute approximate surface area is 163 Å². The number of ether oxygens (including phenoxy) is 1. The zero-order chi connectivity index (χ0) is 19.0. The van der Waals surface area contributed by atoms with Crippen molar-refractivity contribution in [1.82, 2.24) is 10.6 Å². The lowest BCUT2D eigenvalue weighted by atomic mass is 9.95. The summed E-state index contributed by atoms with van der Waals surface area (Å²) in [5, 5.41) is 6.59. The van der Waals surface area contributed by atoms with E-state index < -0.39 is 5.54 Å². The van der Waals surface area contributed by atoms with Gasteiger partial charge >= 0.3 is 0 Å². The van der Waals surface area contributed by atoms with E-state index in [9.17, 15) is 4.79 Å². The van der Waals surface area contributed by atoms with E-state index in [4.69, 9.17) is 10.5 Å². The van der Waals surface area contributed by atoms with Crippen LogP contribution in [-0.2, 0) is 16.0 Å². The molecule has 27 heavy (non-hydrogen) atoms. The van der Waals surface area contributed by atoms with E-state index in [2.05, 4.69) is 22.8 Å². The second-order valence-corrected chi connectivity index (χ2v) is 8.28. The third-order valence-corrected chi connectivity index (χ3v) is 6.06.